The first-order valence-electron chi connectivity index (χ1n) is 8.37. The smallest absolute Gasteiger partial charge is 0.244 e. The lowest BCUT2D eigenvalue weighted by atomic mass is 10.1. The molecule has 1 aliphatic rings. The molecule has 3 heterocycles. The molecule has 0 spiro atoms. The van der Waals surface area contributed by atoms with Crippen molar-refractivity contribution in [2.24, 2.45) is 0 Å². The Morgan fingerprint density at radius 1 is 1.52 bits per heavy atom. The summed E-state index contributed by atoms with van der Waals surface area (Å²) in [5.41, 5.74) is 1.81. The summed E-state index contributed by atoms with van der Waals surface area (Å²) in [5.74, 6) is 0.590. The summed E-state index contributed by atoms with van der Waals surface area (Å²) in [7, 11) is 0. The molecule has 3 atom stereocenters. The second-order valence-electron chi connectivity index (χ2n) is 6.52. The van der Waals surface area contributed by atoms with E-state index in [1.54, 1.807) is 6.92 Å². The van der Waals surface area contributed by atoms with Crippen LogP contribution in [0.5, 0.6) is 0 Å². The molecule has 1 saturated heterocycles. The van der Waals surface area contributed by atoms with Crippen LogP contribution in [0.1, 0.15) is 36.4 Å². The summed E-state index contributed by atoms with van der Waals surface area (Å²) < 4.78 is 20.6. The fourth-order valence-electron chi connectivity index (χ4n) is 3.16. The van der Waals surface area contributed by atoms with E-state index in [1.165, 1.54) is 17.3 Å². The van der Waals surface area contributed by atoms with Crippen molar-refractivity contribution in [1.29, 1.82) is 0 Å². The molecule has 0 bridgehead atoms. The van der Waals surface area contributed by atoms with Gasteiger partial charge in [0.05, 0.1) is 5.69 Å². The van der Waals surface area contributed by atoms with E-state index in [-0.39, 0.29) is 11.9 Å². The van der Waals surface area contributed by atoms with Gasteiger partial charge in [-0.05, 0) is 27.2 Å². The van der Waals surface area contributed by atoms with E-state index >= 15 is 0 Å². The van der Waals surface area contributed by atoms with E-state index in [9.17, 15) is 9.18 Å². The molecule has 25 heavy (non-hydrogen) atoms. The van der Waals surface area contributed by atoms with Crippen LogP contribution < -0.4 is 5.32 Å². The number of aromatic nitrogens is 4. The first kappa shape index (κ1) is 17.5. The number of alkyl halides is 1. The SMILES string of the molecule is Cc1noc(C)c1CN1C[C@@H](F)C[C@H]1CNC(=O)[C@H](C)n1cncn1. The van der Waals surface area contributed by atoms with E-state index < -0.39 is 12.2 Å². The predicted molar refractivity (Wildman–Crippen MR) is 87.4 cm³/mol. The number of carbonyl (C=O) groups excluding carboxylic acids is 1. The summed E-state index contributed by atoms with van der Waals surface area (Å²) in [5, 5.41) is 10.8. The van der Waals surface area contributed by atoms with Crippen LogP contribution in [0.3, 0.4) is 0 Å². The molecular formula is C16H23FN6O2. The van der Waals surface area contributed by atoms with Crippen molar-refractivity contribution in [3.63, 3.8) is 0 Å². The van der Waals surface area contributed by atoms with Crippen molar-refractivity contribution >= 4 is 5.91 Å². The topological polar surface area (TPSA) is 89.1 Å². The third-order valence-electron chi connectivity index (χ3n) is 4.74. The molecule has 0 aromatic carbocycles. The largest absolute Gasteiger partial charge is 0.361 e. The average Bonchev–Trinajstić information content (AvgIpc) is 3.30. The summed E-state index contributed by atoms with van der Waals surface area (Å²) in [6, 6.07) is -0.517. The van der Waals surface area contributed by atoms with E-state index in [1.807, 2.05) is 18.7 Å². The van der Waals surface area contributed by atoms with Crippen LogP contribution in [-0.2, 0) is 11.3 Å². The lowest BCUT2D eigenvalue weighted by molar-refractivity contribution is -0.124. The van der Waals surface area contributed by atoms with Crippen molar-refractivity contribution in [3.05, 3.63) is 29.7 Å². The Morgan fingerprint density at radius 3 is 2.96 bits per heavy atom. The zero-order valence-corrected chi connectivity index (χ0v) is 14.6. The highest BCUT2D eigenvalue weighted by molar-refractivity contribution is 5.79. The molecular weight excluding hydrogens is 327 g/mol. The van der Waals surface area contributed by atoms with Crippen molar-refractivity contribution in [3.8, 4) is 0 Å². The maximum absolute atomic E-state index is 13.9. The average molecular weight is 350 g/mol. The van der Waals surface area contributed by atoms with Crippen LogP contribution in [0, 0.1) is 13.8 Å². The van der Waals surface area contributed by atoms with Crippen LogP contribution in [0.2, 0.25) is 0 Å². The number of aryl methyl sites for hydroxylation is 2. The van der Waals surface area contributed by atoms with Crippen LogP contribution in [0.25, 0.3) is 0 Å². The number of nitrogens with one attached hydrogen (secondary N) is 1. The van der Waals surface area contributed by atoms with Gasteiger partial charge in [-0.3, -0.25) is 9.69 Å². The maximum atomic E-state index is 13.9. The molecule has 136 valence electrons. The zero-order valence-electron chi connectivity index (χ0n) is 14.6. The minimum absolute atomic E-state index is 0.0596. The first-order chi connectivity index (χ1) is 12.0. The molecule has 1 amide bonds. The number of nitrogens with zero attached hydrogens (tertiary/aromatic N) is 5. The lowest BCUT2D eigenvalue weighted by Gasteiger charge is -2.24. The van der Waals surface area contributed by atoms with Crippen molar-refractivity contribution in [2.45, 2.75) is 52.0 Å². The molecule has 0 radical (unpaired) electrons. The van der Waals surface area contributed by atoms with Gasteiger partial charge in [0.2, 0.25) is 5.91 Å². The Morgan fingerprint density at radius 2 is 2.32 bits per heavy atom. The summed E-state index contributed by atoms with van der Waals surface area (Å²) in [6.07, 6.45) is 2.40. The molecule has 1 fully saturated rings. The number of halogens is 1. The van der Waals surface area contributed by atoms with Crippen LogP contribution in [0.15, 0.2) is 17.2 Å². The Labute approximate surface area is 145 Å². The Bertz CT molecular complexity index is 697. The Balaban J connectivity index is 1.59. The quantitative estimate of drug-likeness (QED) is 0.841. The van der Waals surface area contributed by atoms with Gasteiger partial charge in [-0.15, -0.1) is 0 Å². The fraction of sp³-hybridized carbons (Fsp3) is 0.625. The molecule has 0 aliphatic carbocycles. The number of carbonyl (C=O) groups is 1. The number of amides is 1. The number of rotatable bonds is 6. The molecule has 8 nitrogen and oxygen atoms in total. The van der Waals surface area contributed by atoms with E-state index in [0.717, 1.165) is 17.0 Å². The first-order valence-corrected chi connectivity index (χ1v) is 8.37. The van der Waals surface area contributed by atoms with Crippen LogP contribution in [-0.4, -0.2) is 56.0 Å². The predicted octanol–water partition coefficient (Wildman–Crippen LogP) is 1.17. The van der Waals surface area contributed by atoms with Gasteiger partial charge in [0.1, 0.15) is 30.6 Å². The molecule has 0 saturated carbocycles. The lowest BCUT2D eigenvalue weighted by Crippen LogP contribution is -2.42. The number of hydrogen-bond acceptors (Lipinski definition) is 6. The summed E-state index contributed by atoms with van der Waals surface area (Å²) in [4.78, 5) is 18.2. The fourth-order valence-corrected chi connectivity index (χ4v) is 3.16. The van der Waals surface area contributed by atoms with E-state index in [2.05, 4.69) is 20.6 Å². The van der Waals surface area contributed by atoms with E-state index in [0.29, 0.717) is 26.1 Å². The normalized spacial score (nSPS) is 22.2. The van der Waals surface area contributed by atoms with Crippen molar-refractivity contribution in [1.82, 2.24) is 30.1 Å². The maximum Gasteiger partial charge on any atom is 0.244 e. The second-order valence-corrected chi connectivity index (χ2v) is 6.52. The minimum Gasteiger partial charge on any atom is -0.361 e. The molecule has 9 heteroatoms. The van der Waals surface area contributed by atoms with Gasteiger partial charge in [0.25, 0.3) is 0 Å². The number of hydrogen-bond donors (Lipinski definition) is 1. The molecule has 3 rings (SSSR count). The highest BCUT2D eigenvalue weighted by Gasteiger charge is 2.33. The highest BCUT2D eigenvalue weighted by atomic mass is 19.1. The van der Waals surface area contributed by atoms with Gasteiger partial charge in [-0.1, -0.05) is 5.16 Å². The second kappa shape index (κ2) is 7.30. The summed E-state index contributed by atoms with van der Waals surface area (Å²) >= 11 is 0. The van der Waals surface area contributed by atoms with Crippen molar-refractivity contribution in [2.75, 3.05) is 13.1 Å². The van der Waals surface area contributed by atoms with Gasteiger partial charge >= 0.3 is 0 Å². The third kappa shape index (κ3) is 3.87. The van der Waals surface area contributed by atoms with Crippen LogP contribution >= 0.6 is 0 Å². The standard InChI is InChI=1S/C16H23FN6O2/c1-10-15(12(3)25-21-10)7-22-6-13(17)4-14(22)5-19-16(24)11(2)23-9-18-8-20-23/h8-9,11,13-14H,4-7H2,1-3H3,(H,19,24)/t11-,13-,14-/m0/s1. The summed E-state index contributed by atoms with van der Waals surface area (Å²) in [6.45, 7) is 6.80. The molecule has 1 N–H and O–H groups in total. The highest BCUT2D eigenvalue weighted by Crippen LogP contribution is 2.24. The molecule has 2 aromatic rings. The Hall–Kier alpha value is -2.29. The third-order valence-corrected chi connectivity index (χ3v) is 4.74. The van der Waals surface area contributed by atoms with Gasteiger partial charge in [-0.2, -0.15) is 5.10 Å². The van der Waals surface area contributed by atoms with Gasteiger partial charge in [-0.25, -0.2) is 14.1 Å². The molecule has 1 aliphatic heterocycles. The van der Waals surface area contributed by atoms with Crippen LogP contribution in [0.4, 0.5) is 4.39 Å². The zero-order chi connectivity index (χ0) is 18.0. The van der Waals surface area contributed by atoms with E-state index in [4.69, 9.17) is 4.52 Å². The molecule has 2 aromatic heterocycles. The van der Waals surface area contributed by atoms with Crippen molar-refractivity contribution < 1.29 is 13.7 Å². The minimum atomic E-state index is -0.893. The Kier molecular flexibility index (Phi) is 5.12. The molecule has 0 unspecified atom stereocenters. The monoisotopic (exact) mass is 350 g/mol. The van der Waals surface area contributed by atoms with Gasteiger partial charge in [0.15, 0.2) is 0 Å². The van der Waals surface area contributed by atoms with Gasteiger partial charge in [0, 0.05) is 31.2 Å². The number of likely N-dealkylation sites (tertiary alicyclic amines) is 1. The van der Waals surface area contributed by atoms with Gasteiger partial charge < -0.3 is 9.84 Å².